The summed E-state index contributed by atoms with van der Waals surface area (Å²) in [6.45, 7) is 7.04. The van der Waals surface area contributed by atoms with E-state index in [1.807, 2.05) is 0 Å². The summed E-state index contributed by atoms with van der Waals surface area (Å²) in [4.78, 5) is 0. The first kappa shape index (κ1) is 13.0. The zero-order valence-corrected chi connectivity index (χ0v) is 10.6. The normalized spacial score (nSPS) is 10.8. The van der Waals surface area contributed by atoms with Crippen molar-refractivity contribution in [2.75, 3.05) is 6.54 Å². The highest BCUT2D eigenvalue weighted by Gasteiger charge is 2.07. The van der Waals surface area contributed by atoms with Gasteiger partial charge in [0.15, 0.2) is 0 Å². The van der Waals surface area contributed by atoms with Crippen LogP contribution in [0.2, 0.25) is 0 Å². The second-order valence-corrected chi connectivity index (χ2v) is 4.46. The Morgan fingerprint density at radius 2 is 2.00 bits per heavy atom. The van der Waals surface area contributed by atoms with Crippen molar-refractivity contribution >= 4 is 0 Å². The van der Waals surface area contributed by atoms with Gasteiger partial charge in [-0.2, -0.15) is 0 Å². The van der Waals surface area contributed by atoms with Crippen LogP contribution in [0, 0.1) is 6.92 Å². The van der Waals surface area contributed by atoms with Gasteiger partial charge < -0.3 is 10.5 Å². The van der Waals surface area contributed by atoms with Crippen LogP contribution in [-0.2, 0) is 6.42 Å². The van der Waals surface area contributed by atoms with Gasteiger partial charge in [0, 0.05) is 0 Å². The molecule has 0 amide bonds. The first-order valence-electron chi connectivity index (χ1n) is 6.10. The Balaban J connectivity index is 2.77. The predicted molar refractivity (Wildman–Crippen MR) is 68.9 cm³/mol. The van der Waals surface area contributed by atoms with Gasteiger partial charge in [0.1, 0.15) is 5.75 Å². The summed E-state index contributed by atoms with van der Waals surface area (Å²) in [5, 5.41) is 0. The molecule has 0 bridgehead atoms. The quantitative estimate of drug-likeness (QED) is 0.749. The van der Waals surface area contributed by atoms with Crippen LogP contribution in [0.3, 0.4) is 0 Å². The molecule has 0 aliphatic rings. The third-order valence-corrected chi connectivity index (χ3v) is 2.61. The summed E-state index contributed by atoms with van der Waals surface area (Å²) in [6, 6.07) is 6.26. The molecule has 2 heteroatoms. The standard InChI is InChI=1S/C14H23NO/c1-11(2)16-14-9-6-7-12(3)13(14)8-4-5-10-15/h6-7,9,11H,4-5,8,10,15H2,1-3H3. The van der Waals surface area contributed by atoms with Crippen molar-refractivity contribution in [3.8, 4) is 5.75 Å². The molecule has 0 heterocycles. The van der Waals surface area contributed by atoms with Crippen LogP contribution in [0.15, 0.2) is 18.2 Å². The average Bonchev–Trinajstić information content (AvgIpc) is 2.21. The molecule has 0 radical (unpaired) electrons. The molecule has 0 saturated carbocycles. The van der Waals surface area contributed by atoms with E-state index in [1.54, 1.807) is 0 Å². The van der Waals surface area contributed by atoms with E-state index in [0.29, 0.717) is 0 Å². The summed E-state index contributed by atoms with van der Waals surface area (Å²) in [6.07, 6.45) is 3.51. The molecular weight excluding hydrogens is 198 g/mol. The fraction of sp³-hybridized carbons (Fsp3) is 0.571. The second kappa shape index (κ2) is 6.54. The minimum Gasteiger partial charge on any atom is -0.491 e. The molecule has 0 unspecified atom stereocenters. The zero-order valence-electron chi connectivity index (χ0n) is 10.6. The molecule has 1 rings (SSSR count). The summed E-state index contributed by atoms with van der Waals surface area (Å²) in [7, 11) is 0. The lowest BCUT2D eigenvalue weighted by molar-refractivity contribution is 0.239. The Morgan fingerprint density at radius 3 is 2.62 bits per heavy atom. The molecule has 0 atom stereocenters. The van der Waals surface area contributed by atoms with E-state index in [1.165, 1.54) is 11.1 Å². The van der Waals surface area contributed by atoms with Gasteiger partial charge in [-0.1, -0.05) is 12.1 Å². The minimum absolute atomic E-state index is 0.232. The number of aryl methyl sites for hydroxylation is 1. The van der Waals surface area contributed by atoms with Crippen molar-refractivity contribution in [1.29, 1.82) is 0 Å². The number of nitrogens with two attached hydrogens (primary N) is 1. The van der Waals surface area contributed by atoms with E-state index in [9.17, 15) is 0 Å². The van der Waals surface area contributed by atoms with Crippen molar-refractivity contribution in [3.05, 3.63) is 29.3 Å². The Kier molecular flexibility index (Phi) is 5.33. The van der Waals surface area contributed by atoms with Crippen LogP contribution in [0.4, 0.5) is 0 Å². The maximum atomic E-state index is 5.83. The fourth-order valence-electron chi connectivity index (χ4n) is 1.81. The second-order valence-electron chi connectivity index (χ2n) is 4.46. The van der Waals surface area contributed by atoms with E-state index < -0.39 is 0 Å². The molecule has 0 saturated heterocycles. The van der Waals surface area contributed by atoms with Crippen LogP contribution < -0.4 is 10.5 Å². The van der Waals surface area contributed by atoms with Crippen LogP contribution in [0.1, 0.15) is 37.8 Å². The van der Waals surface area contributed by atoms with Crippen molar-refractivity contribution < 1.29 is 4.74 Å². The number of benzene rings is 1. The first-order valence-corrected chi connectivity index (χ1v) is 6.10. The third-order valence-electron chi connectivity index (χ3n) is 2.61. The fourth-order valence-corrected chi connectivity index (χ4v) is 1.81. The van der Waals surface area contributed by atoms with E-state index >= 15 is 0 Å². The van der Waals surface area contributed by atoms with Crippen molar-refractivity contribution in [2.45, 2.75) is 46.1 Å². The molecule has 0 spiro atoms. The van der Waals surface area contributed by atoms with Gasteiger partial charge in [0.2, 0.25) is 0 Å². The highest BCUT2D eigenvalue weighted by molar-refractivity contribution is 5.39. The van der Waals surface area contributed by atoms with Crippen LogP contribution >= 0.6 is 0 Å². The van der Waals surface area contributed by atoms with Gasteiger partial charge in [0.25, 0.3) is 0 Å². The van der Waals surface area contributed by atoms with Crippen LogP contribution in [-0.4, -0.2) is 12.6 Å². The highest BCUT2D eigenvalue weighted by atomic mass is 16.5. The zero-order chi connectivity index (χ0) is 12.0. The Bertz CT molecular complexity index is 321. The molecule has 0 aliphatic carbocycles. The summed E-state index contributed by atoms with van der Waals surface area (Å²) in [5.74, 6) is 1.03. The number of rotatable bonds is 6. The lowest BCUT2D eigenvalue weighted by Crippen LogP contribution is -2.08. The monoisotopic (exact) mass is 221 g/mol. The Hall–Kier alpha value is -1.02. The molecule has 1 aromatic carbocycles. The van der Waals surface area contributed by atoms with E-state index in [2.05, 4.69) is 39.0 Å². The number of hydrogen-bond acceptors (Lipinski definition) is 2. The van der Waals surface area contributed by atoms with Crippen molar-refractivity contribution in [1.82, 2.24) is 0 Å². The van der Waals surface area contributed by atoms with Crippen molar-refractivity contribution in [2.24, 2.45) is 5.73 Å². The lowest BCUT2D eigenvalue weighted by Gasteiger charge is -2.16. The SMILES string of the molecule is Cc1cccc(OC(C)C)c1CCCCN. The first-order chi connectivity index (χ1) is 7.65. The lowest BCUT2D eigenvalue weighted by atomic mass is 10.0. The summed E-state index contributed by atoms with van der Waals surface area (Å²) >= 11 is 0. The molecule has 0 aliphatic heterocycles. The van der Waals surface area contributed by atoms with Gasteiger partial charge in [-0.15, -0.1) is 0 Å². The molecule has 0 fully saturated rings. The molecule has 2 nitrogen and oxygen atoms in total. The van der Waals surface area contributed by atoms with E-state index in [-0.39, 0.29) is 6.10 Å². The molecule has 0 aromatic heterocycles. The molecular formula is C14H23NO. The van der Waals surface area contributed by atoms with Gasteiger partial charge in [-0.25, -0.2) is 0 Å². The van der Waals surface area contributed by atoms with Gasteiger partial charge in [-0.05, 0) is 63.8 Å². The molecule has 1 aromatic rings. The maximum absolute atomic E-state index is 5.83. The third kappa shape index (κ3) is 3.86. The summed E-state index contributed by atoms with van der Waals surface area (Å²) in [5.41, 5.74) is 8.17. The van der Waals surface area contributed by atoms with Gasteiger partial charge >= 0.3 is 0 Å². The largest absolute Gasteiger partial charge is 0.491 e. The molecule has 90 valence electrons. The Labute approximate surface area is 98.8 Å². The molecule has 16 heavy (non-hydrogen) atoms. The van der Waals surface area contributed by atoms with Gasteiger partial charge in [0.05, 0.1) is 6.10 Å². The van der Waals surface area contributed by atoms with Gasteiger partial charge in [-0.3, -0.25) is 0 Å². The minimum atomic E-state index is 0.232. The van der Waals surface area contributed by atoms with Crippen LogP contribution in [0.25, 0.3) is 0 Å². The number of unbranched alkanes of at least 4 members (excludes halogenated alkanes) is 1. The Morgan fingerprint density at radius 1 is 1.25 bits per heavy atom. The van der Waals surface area contributed by atoms with E-state index in [0.717, 1.165) is 31.6 Å². The summed E-state index contributed by atoms with van der Waals surface area (Å²) < 4.78 is 5.83. The number of ether oxygens (including phenoxy) is 1. The van der Waals surface area contributed by atoms with Crippen molar-refractivity contribution in [3.63, 3.8) is 0 Å². The average molecular weight is 221 g/mol. The number of hydrogen-bond donors (Lipinski definition) is 1. The maximum Gasteiger partial charge on any atom is 0.123 e. The highest BCUT2D eigenvalue weighted by Crippen LogP contribution is 2.24. The smallest absolute Gasteiger partial charge is 0.123 e. The van der Waals surface area contributed by atoms with E-state index in [4.69, 9.17) is 10.5 Å². The molecule has 2 N–H and O–H groups in total. The van der Waals surface area contributed by atoms with Crippen LogP contribution in [0.5, 0.6) is 5.75 Å². The topological polar surface area (TPSA) is 35.2 Å². The predicted octanol–water partition coefficient (Wildman–Crippen LogP) is 3.06.